The van der Waals surface area contributed by atoms with E-state index in [2.05, 4.69) is 10.1 Å². The van der Waals surface area contributed by atoms with Crippen LogP contribution in [0.4, 0.5) is 0 Å². The zero-order valence-electron chi connectivity index (χ0n) is 13.5. The second-order valence-corrected chi connectivity index (χ2v) is 5.67. The van der Waals surface area contributed by atoms with Crippen LogP contribution in [0.15, 0.2) is 65.6 Å². The molecule has 0 saturated carbocycles. The summed E-state index contributed by atoms with van der Waals surface area (Å²) in [6.07, 6.45) is 7.10. The van der Waals surface area contributed by atoms with Gasteiger partial charge in [0.2, 0.25) is 0 Å². The minimum Gasteiger partial charge on any atom is -0.489 e. The molecule has 0 unspecified atom stereocenters. The number of aromatic nitrogens is 3. The molecular formula is C19H17N3O3. The van der Waals surface area contributed by atoms with Crippen molar-refractivity contribution in [2.24, 2.45) is 0 Å². The highest BCUT2D eigenvalue weighted by Crippen LogP contribution is 2.30. The molecule has 0 saturated heterocycles. The van der Waals surface area contributed by atoms with Crippen LogP contribution in [0.3, 0.4) is 0 Å². The molecule has 0 amide bonds. The van der Waals surface area contributed by atoms with Crippen LogP contribution in [0.5, 0.6) is 5.75 Å². The smallest absolute Gasteiger partial charge is 0.135 e. The van der Waals surface area contributed by atoms with Crippen molar-refractivity contribution in [3.05, 3.63) is 66.7 Å². The highest BCUT2D eigenvalue weighted by atomic mass is 16.5. The fourth-order valence-corrected chi connectivity index (χ4v) is 2.64. The molecule has 0 bridgehead atoms. The van der Waals surface area contributed by atoms with Gasteiger partial charge in [-0.05, 0) is 36.4 Å². The van der Waals surface area contributed by atoms with Gasteiger partial charge in [0.1, 0.15) is 23.7 Å². The first kappa shape index (κ1) is 15.4. The second-order valence-electron chi connectivity index (χ2n) is 5.67. The average molecular weight is 335 g/mol. The van der Waals surface area contributed by atoms with Gasteiger partial charge in [0.25, 0.3) is 0 Å². The Kier molecular flexibility index (Phi) is 4.18. The summed E-state index contributed by atoms with van der Waals surface area (Å²) in [6, 6.07) is 11.6. The molecule has 1 aromatic carbocycles. The van der Waals surface area contributed by atoms with Crippen LogP contribution in [0.25, 0.3) is 22.3 Å². The van der Waals surface area contributed by atoms with Gasteiger partial charge in [0.05, 0.1) is 19.3 Å². The van der Waals surface area contributed by atoms with Gasteiger partial charge in [0, 0.05) is 35.1 Å². The largest absolute Gasteiger partial charge is 0.489 e. The lowest BCUT2D eigenvalue weighted by Crippen LogP contribution is -2.01. The third-order valence-corrected chi connectivity index (χ3v) is 3.87. The summed E-state index contributed by atoms with van der Waals surface area (Å²) >= 11 is 0. The number of fused-ring (bicyclic) bond motifs is 1. The normalized spacial score (nSPS) is 11.1. The number of pyridine rings is 1. The lowest BCUT2D eigenvalue weighted by molar-refractivity contribution is 0.269. The van der Waals surface area contributed by atoms with Gasteiger partial charge < -0.3 is 14.3 Å². The van der Waals surface area contributed by atoms with Crippen LogP contribution in [-0.2, 0) is 13.2 Å². The first-order chi connectivity index (χ1) is 12.3. The summed E-state index contributed by atoms with van der Waals surface area (Å²) in [6.45, 7) is 0.976. The molecule has 1 N–H and O–H groups in total. The molecule has 0 atom stereocenters. The number of hydrogen-bond acceptors (Lipinski definition) is 5. The summed E-state index contributed by atoms with van der Waals surface area (Å²) < 4.78 is 13.4. The topological polar surface area (TPSA) is 73.3 Å². The van der Waals surface area contributed by atoms with Crippen molar-refractivity contribution in [1.29, 1.82) is 0 Å². The van der Waals surface area contributed by atoms with Gasteiger partial charge in [-0.2, -0.15) is 5.10 Å². The van der Waals surface area contributed by atoms with Gasteiger partial charge in [-0.3, -0.25) is 9.67 Å². The van der Waals surface area contributed by atoms with Crippen LogP contribution in [0, 0.1) is 0 Å². The predicted octanol–water partition coefficient (Wildman–Crippen LogP) is 3.26. The highest BCUT2D eigenvalue weighted by Gasteiger charge is 2.08. The standard InChI is InChI=1S/C19H17N3O3/c23-8-7-22-12-14(11-21-22)13-24-17-1-2-18-16(9-17)10-19(25-18)15-3-5-20-6-4-15/h1-6,9-12,23H,7-8,13H2. The van der Waals surface area contributed by atoms with Crippen molar-refractivity contribution >= 4 is 11.0 Å². The lowest BCUT2D eigenvalue weighted by Gasteiger charge is -2.04. The van der Waals surface area contributed by atoms with E-state index >= 15 is 0 Å². The van der Waals surface area contributed by atoms with E-state index in [-0.39, 0.29) is 6.61 Å². The van der Waals surface area contributed by atoms with Gasteiger partial charge in [-0.1, -0.05) is 0 Å². The Balaban J connectivity index is 1.50. The number of hydrogen-bond donors (Lipinski definition) is 1. The summed E-state index contributed by atoms with van der Waals surface area (Å²) in [5.74, 6) is 1.57. The molecule has 0 aliphatic rings. The molecule has 6 nitrogen and oxygen atoms in total. The molecular weight excluding hydrogens is 318 g/mol. The number of ether oxygens (including phenoxy) is 1. The van der Waals surface area contributed by atoms with Crippen molar-refractivity contribution in [1.82, 2.24) is 14.8 Å². The Bertz CT molecular complexity index is 976. The average Bonchev–Trinajstić information content (AvgIpc) is 3.27. The van der Waals surface area contributed by atoms with E-state index in [4.69, 9.17) is 14.3 Å². The molecule has 4 aromatic rings. The fourth-order valence-electron chi connectivity index (χ4n) is 2.64. The van der Waals surface area contributed by atoms with Gasteiger partial charge in [-0.25, -0.2) is 0 Å². The Morgan fingerprint density at radius 3 is 2.84 bits per heavy atom. The monoisotopic (exact) mass is 335 g/mol. The van der Waals surface area contributed by atoms with Crippen molar-refractivity contribution in [3.63, 3.8) is 0 Å². The maximum absolute atomic E-state index is 8.92. The molecule has 3 heterocycles. The van der Waals surface area contributed by atoms with Crippen LogP contribution in [0.2, 0.25) is 0 Å². The molecule has 0 aliphatic heterocycles. The van der Waals surface area contributed by atoms with E-state index in [1.165, 1.54) is 0 Å². The first-order valence-corrected chi connectivity index (χ1v) is 8.01. The number of rotatable bonds is 6. The van der Waals surface area contributed by atoms with Crippen molar-refractivity contribution in [2.45, 2.75) is 13.2 Å². The van der Waals surface area contributed by atoms with Gasteiger partial charge >= 0.3 is 0 Å². The number of aliphatic hydroxyl groups is 1. The third kappa shape index (κ3) is 3.39. The summed E-state index contributed by atoms with van der Waals surface area (Å²) in [4.78, 5) is 4.02. The maximum Gasteiger partial charge on any atom is 0.135 e. The maximum atomic E-state index is 8.92. The molecule has 25 heavy (non-hydrogen) atoms. The van der Waals surface area contributed by atoms with E-state index in [0.29, 0.717) is 13.2 Å². The summed E-state index contributed by atoms with van der Waals surface area (Å²) in [5, 5.41) is 14.1. The molecule has 4 rings (SSSR count). The molecule has 0 spiro atoms. The third-order valence-electron chi connectivity index (χ3n) is 3.87. The molecule has 0 aliphatic carbocycles. The van der Waals surface area contributed by atoms with Crippen LogP contribution in [0.1, 0.15) is 5.56 Å². The lowest BCUT2D eigenvalue weighted by atomic mass is 10.2. The molecule has 6 heteroatoms. The van der Waals surface area contributed by atoms with E-state index in [1.807, 2.05) is 42.6 Å². The van der Waals surface area contributed by atoms with Crippen molar-refractivity contribution in [3.8, 4) is 17.1 Å². The molecule has 0 fully saturated rings. The summed E-state index contributed by atoms with van der Waals surface area (Å²) in [7, 11) is 0. The van der Waals surface area contributed by atoms with E-state index in [1.54, 1.807) is 23.3 Å². The van der Waals surface area contributed by atoms with Gasteiger partial charge in [-0.15, -0.1) is 0 Å². The number of nitrogens with zero attached hydrogens (tertiary/aromatic N) is 3. The van der Waals surface area contributed by atoms with Crippen molar-refractivity contribution in [2.75, 3.05) is 6.61 Å². The predicted molar refractivity (Wildman–Crippen MR) is 93.1 cm³/mol. The highest BCUT2D eigenvalue weighted by molar-refractivity contribution is 5.84. The second kappa shape index (κ2) is 6.78. The van der Waals surface area contributed by atoms with Gasteiger partial charge in [0.15, 0.2) is 0 Å². The fraction of sp³-hybridized carbons (Fsp3) is 0.158. The SMILES string of the molecule is OCCn1cc(COc2ccc3oc(-c4ccncc4)cc3c2)cn1. The van der Waals surface area contributed by atoms with E-state index < -0.39 is 0 Å². The Labute approximate surface area is 144 Å². The molecule has 126 valence electrons. The van der Waals surface area contributed by atoms with Crippen LogP contribution < -0.4 is 4.74 Å². The minimum atomic E-state index is 0.0684. The number of benzene rings is 1. The van der Waals surface area contributed by atoms with E-state index in [9.17, 15) is 0 Å². The van der Waals surface area contributed by atoms with Crippen molar-refractivity contribution < 1.29 is 14.3 Å². The Hall–Kier alpha value is -3.12. The number of aliphatic hydroxyl groups excluding tert-OH is 1. The number of furan rings is 1. The molecule has 0 radical (unpaired) electrons. The zero-order valence-corrected chi connectivity index (χ0v) is 13.5. The van der Waals surface area contributed by atoms with Crippen LogP contribution >= 0.6 is 0 Å². The van der Waals surface area contributed by atoms with Crippen LogP contribution in [-0.4, -0.2) is 26.5 Å². The quantitative estimate of drug-likeness (QED) is 0.585. The molecule has 3 aromatic heterocycles. The first-order valence-electron chi connectivity index (χ1n) is 8.01. The minimum absolute atomic E-state index is 0.0684. The van der Waals surface area contributed by atoms with E-state index in [0.717, 1.165) is 33.6 Å². The zero-order chi connectivity index (χ0) is 17.1. The Morgan fingerprint density at radius 2 is 2.00 bits per heavy atom. The Morgan fingerprint density at radius 1 is 1.12 bits per heavy atom. The summed E-state index contributed by atoms with van der Waals surface area (Å²) in [5.41, 5.74) is 2.76.